The largest absolute Gasteiger partial charge is 0.457 e. The van der Waals surface area contributed by atoms with Crippen LogP contribution in [-0.2, 0) is 20.1 Å². The third-order valence-corrected chi connectivity index (χ3v) is 6.78. The molecule has 0 N–H and O–H groups in total. The Morgan fingerprint density at radius 1 is 0.889 bits per heavy atom. The zero-order valence-corrected chi connectivity index (χ0v) is 20.2. The maximum absolute atomic E-state index is 13.5. The van der Waals surface area contributed by atoms with E-state index in [0.29, 0.717) is 40.8 Å². The Morgan fingerprint density at radius 3 is 2.33 bits per heavy atom. The predicted molar refractivity (Wildman–Crippen MR) is 140 cm³/mol. The lowest BCUT2D eigenvalue weighted by Gasteiger charge is -2.16. The summed E-state index contributed by atoms with van der Waals surface area (Å²) in [4.78, 5) is 33.3. The lowest BCUT2D eigenvalue weighted by Crippen LogP contribution is -2.40. The van der Waals surface area contributed by atoms with Crippen molar-refractivity contribution in [1.29, 1.82) is 0 Å². The van der Waals surface area contributed by atoms with Crippen LogP contribution in [0.15, 0.2) is 88.5 Å². The number of benzene rings is 3. The van der Waals surface area contributed by atoms with E-state index in [0.717, 1.165) is 17.2 Å². The minimum Gasteiger partial charge on any atom is -0.457 e. The average Bonchev–Trinajstić information content (AvgIpc) is 3.47. The molecule has 36 heavy (non-hydrogen) atoms. The number of imidazole rings is 1. The maximum Gasteiger partial charge on any atom is 0.332 e. The zero-order valence-electron chi connectivity index (χ0n) is 19.5. The Kier molecular flexibility index (Phi) is 5.38. The van der Waals surface area contributed by atoms with Gasteiger partial charge < -0.3 is 14.2 Å². The molecule has 8 nitrogen and oxygen atoms in total. The lowest BCUT2D eigenvalue weighted by atomic mass is 10.2. The first kappa shape index (κ1) is 22.2. The number of ether oxygens (including phenoxy) is 1. The van der Waals surface area contributed by atoms with E-state index < -0.39 is 5.69 Å². The molecule has 3 heterocycles. The standard InChI is InChI=1S/C27H22ClN5O3/c1-30-24-23(25(34)33(27(30)35)17-18-7-5-6-10-22(18)28)32-16-15-31(26(32)29-24)19-11-13-21(14-12-19)36-20-8-3-2-4-9-20/h2-14H,15-17H2,1H3. The Hall–Kier alpha value is -4.30. The van der Waals surface area contributed by atoms with Crippen LogP contribution >= 0.6 is 11.6 Å². The van der Waals surface area contributed by atoms with Gasteiger partial charge in [0.15, 0.2) is 11.2 Å². The second-order valence-corrected chi connectivity index (χ2v) is 9.03. The van der Waals surface area contributed by atoms with Crippen LogP contribution in [0.25, 0.3) is 11.2 Å². The molecule has 0 amide bonds. The summed E-state index contributed by atoms with van der Waals surface area (Å²) in [6, 6.07) is 24.5. The summed E-state index contributed by atoms with van der Waals surface area (Å²) >= 11 is 6.30. The number of nitrogens with zero attached hydrogens (tertiary/aromatic N) is 5. The van der Waals surface area contributed by atoms with E-state index in [9.17, 15) is 9.59 Å². The van der Waals surface area contributed by atoms with Gasteiger partial charge in [-0.3, -0.25) is 13.9 Å². The molecule has 0 fully saturated rings. The van der Waals surface area contributed by atoms with Crippen molar-refractivity contribution in [3.8, 4) is 11.5 Å². The molecule has 0 radical (unpaired) electrons. The van der Waals surface area contributed by atoms with Gasteiger partial charge in [-0.2, -0.15) is 4.98 Å². The van der Waals surface area contributed by atoms with E-state index in [-0.39, 0.29) is 12.1 Å². The highest BCUT2D eigenvalue weighted by Crippen LogP contribution is 2.33. The Labute approximate surface area is 211 Å². The van der Waals surface area contributed by atoms with Crippen LogP contribution in [0.3, 0.4) is 0 Å². The molecule has 0 saturated carbocycles. The maximum atomic E-state index is 13.5. The summed E-state index contributed by atoms with van der Waals surface area (Å²) in [7, 11) is 1.63. The molecule has 1 aliphatic heterocycles. The van der Waals surface area contributed by atoms with Gasteiger partial charge in [0.05, 0.1) is 6.54 Å². The highest BCUT2D eigenvalue weighted by atomic mass is 35.5. The molecule has 1 aliphatic rings. The van der Waals surface area contributed by atoms with E-state index >= 15 is 0 Å². The quantitative estimate of drug-likeness (QED) is 0.355. The molecule has 180 valence electrons. The molecule has 0 atom stereocenters. The summed E-state index contributed by atoms with van der Waals surface area (Å²) in [5.74, 6) is 2.12. The van der Waals surface area contributed by atoms with E-state index in [1.54, 1.807) is 13.1 Å². The van der Waals surface area contributed by atoms with Crippen LogP contribution in [0.2, 0.25) is 5.02 Å². The Bertz CT molecular complexity index is 1700. The molecular formula is C27H22ClN5O3. The molecule has 5 aromatic rings. The molecule has 0 saturated heterocycles. The van der Waals surface area contributed by atoms with Gasteiger partial charge in [0, 0.05) is 30.8 Å². The van der Waals surface area contributed by atoms with Crippen LogP contribution in [0.5, 0.6) is 11.5 Å². The monoisotopic (exact) mass is 499 g/mol. The number of aryl methyl sites for hydroxylation is 1. The summed E-state index contributed by atoms with van der Waals surface area (Å²) in [5.41, 5.74) is 1.59. The Morgan fingerprint density at radius 2 is 1.58 bits per heavy atom. The number of anilines is 2. The fourth-order valence-electron chi connectivity index (χ4n) is 4.58. The molecule has 6 rings (SSSR count). The number of halogens is 1. The van der Waals surface area contributed by atoms with Crippen molar-refractivity contribution in [3.63, 3.8) is 0 Å². The number of hydrogen-bond donors (Lipinski definition) is 0. The first-order chi connectivity index (χ1) is 17.5. The van der Waals surface area contributed by atoms with Crippen molar-refractivity contribution in [3.05, 3.63) is 110 Å². The van der Waals surface area contributed by atoms with Crippen molar-refractivity contribution >= 4 is 34.4 Å². The normalized spacial score (nSPS) is 12.8. The van der Waals surface area contributed by atoms with Gasteiger partial charge in [0.1, 0.15) is 11.5 Å². The first-order valence-corrected chi connectivity index (χ1v) is 11.9. The molecule has 3 aromatic carbocycles. The topological polar surface area (TPSA) is 74.3 Å². The van der Waals surface area contributed by atoms with Crippen molar-refractivity contribution in [2.24, 2.45) is 7.05 Å². The molecule has 0 aliphatic carbocycles. The average molecular weight is 500 g/mol. The molecule has 0 unspecified atom stereocenters. The minimum absolute atomic E-state index is 0.0915. The summed E-state index contributed by atoms with van der Waals surface area (Å²) in [6.07, 6.45) is 0. The van der Waals surface area contributed by atoms with Crippen molar-refractivity contribution in [2.75, 3.05) is 11.4 Å². The van der Waals surface area contributed by atoms with E-state index in [2.05, 4.69) is 0 Å². The van der Waals surface area contributed by atoms with Gasteiger partial charge in [0.25, 0.3) is 5.56 Å². The Balaban J connectivity index is 1.37. The lowest BCUT2D eigenvalue weighted by molar-refractivity contribution is 0.482. The van der Waals surface area contributed by atoms with Gasteiger partial charge in [-0.25, -0.2) is 4.79 Å². The smallest absolute Gasteiger partial charge is 0.332 e. The van der Waals surface area contributed by atoms with Crippen molar-refractivity contribution < 1.29 is 4.74 Å². The predicted octanol–water partition coefficient (Wildman–Crippen LogP) is 4.54. The summed E-state index contributed by atoms with van der Waals surface area (Å²) < 4.78 is 10.4. The fraction of sp³-hybridized carbons (Fsp3) is 0.148. The molecule has 2 aromatic heterocycles. The molecule has 9 heteroatoms. The minimum atomic E-state index is -0.432. The van der Waals surface area contributed by atoms with Crippen LogP contribution in [0, 0.1) is 0 Å². The molecule has 0 bridgehead atoms. The second-order valence-electron chi connectivity index (χ2n) is 8.62. The SMILES string of the molecule is Cn1c(=O)n(Cc2ccccc2Cl)c(=O)c2c1nc1n2CCN1c1ccc(Oc2ccccc2)cc1. The summed E-state index contributed by atoms with van der Waals surface area (Å²) in [6.45, 7) is 1.33. The number of aromatic nitrogens is 4. The number of para-hydroxylation sites is 1. The van der Waals surface area contributed by atoms with Gasteiger partial charge in [-0.1, -0.05) is 48.0 Å². The number of hydrogen-bond acceptors (Lipinski definition) is 5. The van der Waals surface area contributed by atoms with Crippen LogP contribution in [0.1, 0.15) is 5.56 Å². The van der Waals surface area contributed by atoms with E-state index in [4.69, 9.17) is 21.3 Å². The van der Waals surface area contributed by atoms with Crippen molar-refractivity contribution in [1.82, 2.24) is 18.7 Å². The highest BCUT2D eigenvalue weighted by Gasteiger charge is 2.29. The summed E-state index contributed by atoms with van der Waals surface area (Å²) in [5, 5.41) is 0.510. The van der Waals surface area contributed by atoms with Crippen molar-refractivity contribution in [2.45, 2.75) is 13.1 Å². The van der Waals surface area contributed by atoms with E-state index in [1.165, 1.54) is 9.13 Å². The number of fused-ring (bicyclic) bond motifs is 3. The molecular weight excluding hydrogens is 478 g/mol. The van der Waals surface area contributed by atoms with E-state index in [1.807, 2.05) is 82.3 Å². The zero-order chi connectivity index (χ0) is 24.8. The highest BCUT2D eigenvalue weighted by molar-refractivity contribution is 6.31. The van der Waals surface area contributed by atoms with Gasteiger partial charge >= 0.3 is 5.69 Å². The fourth-order valence-corrected chi connectivity index (χ4v) is 4.77. The van der Waals surface area contributed by atoms with Crippen LogP contribution < -0.4 is 20.9 Å². The third-order valence-electron chi connectivity index (χ3n) is 6.41. The third kappa shape index (κ3) is 3.67. The second kappa shape index (κ2) is 8.73. The first-order valence-electron chi connectivity index (χ1n) is 11.6. The van der Waals surface area contributed by atoms with Gasteiger partial charge in [-0.05, 0) is 48.0 Å². The van der Waals surface area contributed by atoms with Gasteiger partial charge in [-0.15, -0.1) is 0 Å². The van der Waals surface area contributed by atoms with Crippen LogP contribution in [-0.4, -0.2) is 25.2 Å². The van der Waals surface area contributed by atoms with Crippen LogP contribution in [0.4, 0.5) is 11.6 Å². The number of rotatable bonds is 5. The van der Waals surface area contributed by atoms with Gasteiger partial charge in [0.2, 0.25) is 5.95 Å². The molecule has 0 spiro atoms.